The monoisotopic (exact) mass is 402 g/mol. The molecule has 6 heteroatoms. The Morgan fingerprint density at radius 1 is 1.07 bits per heavy atom. The molecule has 2 aliphatic heterocycles. The van der Waals surface area contributed by atoms with Gasteiger partial charge in [-0.25, -0.2) is 0 Å². The number of benzene rings is 2. The van der Waals surface area contributed by atoms with Crippen LogP contribution in [0.25, 0.3) is 0 Å². The highest BCUT2D eigenvalue weighted by Gasteiger charge is 2.30. The van der Waals surface area contributed by atoms with Crippen molar-refractivity contribution >= 4 is 11.8 Å². The predicted molar refractivity (Wildman–Crippen MR) is 109 cm³/mol. The molecule has 2 aromatic rings. The third kappa shape index (κ3) is 4.09. The van der Waals surface area contributed by atoms with E-state index in [9.17, 15) is 10.2 Å². The lowest BCUT2D eigenvalue weighted by Crippen LogP contribution is -2.29. The second-order valence-corrected chi connectivity index (χ2v) is 8.40. The number of hydrogen-bond acceptors (Lipinski definition) is 6. The zero-order chi connectivity index (χ0) is 19.7. The maximum atomic E-state index is 10.5. The molecule has 0 aromatic heterocycles. The number of fused-ring (bicyclic) bond motifs is 1. The van der Waals surface area contributed by atoms with Crippen LogP contribution in [-0.2, 0) is 11.2 Å². The normalized spacial score (nSPS) is 24.2. The number of phenols is 1. The van der Waals surface area contributed by atoms with E-state index in [4.69, 9.17) is 14.2 Å². The van der Waals surface area contributed by atoms with Crippen LogP contribution in [0.4, 0.5) is 0 Å². The number of aliphatic hydroxyl groups is 1. The van der Waals surface area contributed by atoms with Crippen LogP contribution in [0.5, 0.6) is 17.2 Å². The molecular weight excluding hydrogens is 376 g/mol. The molecule has 2 aliphatic rings. The fraction of sp³-hybridized carbons (Fsp3) is 0.455. The van der Waals surface area contributed by atoms with E-state index in [0.717, 1.165) is 40.2 Å². The van der Waals surface area contributed by atoms with Gasteiger partial charge in [0.2, 0.25) is 0 Å². The maximum Gasteiger partial charge on any atom is 0.161 e. The minimum absolute atomic E-state index is 0.0595. The molecule has 0 bridgehead atoms. The van der Waals surface area contributed by atoms with Crippen LogP contribution >= 0.6 is 11.8 Å². The molecule has 4 rings (SSSR count). The first-order chi connectivity index (χ1) is 13.5. The summed E-state index contributed by atoms with van der Waals surface area (Å²) in [5, 5.41) is 20.7. The Bertz CT molecular complexity index is 853. The predicted octanol–water partition coefficient (Wildman–Crippen LogP) is 3.96. The van der Waals surface area contributed by atoms with Crippen LogP contribution in [0, 0.1) is 6.92 Å². The fourth-order valence-electron chi connectivity index (χ4n) is 3.83. The lowest BCUT2D eigenvalue weighted by molar-refractivity contribution is -0.0612. The second kappa shape index (κ2) is 8.23. The molecule has 1 saturated heterocycles. The Morgan fingerprint density at radius 3 is 2.64 bits per heavy atom. The summed E-state index contributed by atoms with van der Waals surface area (Å²) in [5.74, 6) is 1.79. The Kier molecular flexibility index (Phi) is 5.71. The molecule has 0 spiro atoms. The number of thioether (sulfide) groups is 1. The van der Waals surface area contributed by atoms with Crippen molar-refractivity contribution in [3.8, 4) is 17.2 Å². The van der Waals surface area contributed by atoms with Gasteiger partial charge in [-0.05, 0) is 60.6 Å². The summed E-state index contributed by atoms with van der Waals surface area (Å²) in [6, 6.07) is 9.82. The molecule has 3 atom stereocenters. The lowest BCUT2D eigenvalue weighted by Gasteiger charge is -2.33. The quantitative estimate of drug-likeness (QED) is 0.807. The molecule has 0 amide bonds. The van der Waals surface area contributed by atoms with Crippen molar-refractivity contribution in [1.29, 1.82) is 0 Å². The van der Waals surface area contributed by atoms with Gasteiger partial charge in [-0.15, -0.1) is 11.8 Å². The van der Waals surface area contributed by atoms with Crippen molar-refractivity contribution in [2.75, 3.05) is 19.5 Å². The lowest BCUT2D eigenvalue weighted by atomic mass is 9.92. The summed E-state index contributed by atoms with van der Waals surface area (Å²) in [4.78, 5) is 0. The minimum atomic E-state index is -0.418. The standard InChI is InChI=1S/C22H26O5S/c1-13-7-18(24)17(20-11-16(23)12-22(27-20)28-2)10-15(13)8-14-3-4-19-21(9-14)26-6-5-25-19/h3-4,7,9-10,16,20,22-24H,5-6,8,11-12H2,1-2H3. The van der Waals surface area contributed by atoms with E-state index in [-0.39, 0.29) is 17.3 Å². The number of rotatable bonds is 4. The Labute approximate surface area is 169 Å². The van der Waals surface area contributed by atoms with Crippen molar-refractivity contribution in [2.45, 2.75) is 43.8 Å². The molecule has 150 valence electrons. The highest BCUT2D eigenvalue weighted by Crippen LogP contribution is 2.40. The number of ether oxygens (including phenoxy) is 3. The molecular formula is C22H26O5S. The van der Waals surface area contributed by atoms with Crippen LogP contribution in [0.15, 0.2) is 30.3 Å². The van der Waals surface area contributed by atoms with Gasteiger partial charge in [0.05, 0.1) is 12.2 Å². The smallest absolute Gasteiger partial charge is 0.161 e. The first kappa shape index (κ1) is 19.4. The summed E-state index contributed by atoms with van der Waals surface area (Å²) in [5.41, 5.74) is 3.95. The third-order valence-electron chi connectivity index (χ3n) is 5.36. The van der Waals surface area contributed by atoms with E-state index in [1.165, 1.54) is 0 Å². The van der Waals surface area contributed by atoms with Gasteiger partial charge in [-0.3, -0.25) is 0 Å². The van der Waals surface area contributed by atoms with Crippen LogP contribution < -0.4 is 9.47 Å². The van der Waals surface area contributed by atoms with Crippen LogP contribution in [0.3, 0.4) is 0 Å². The first-order valence-electron chi connectivity index (χ1n) is 9.60. The summed E-state index contributed by atoms with van der Waals surface area (Å²) < 4.78 is 17.4. The van der Waals surface area contributed by atoms with E-state index in [2.05, 4.69) is 0 Å². The van der Waals surface area contributed by atoms with Gasteiger partial charge in [0.25, 0.3) is 0 Å². The number of phenolic OH excluding ortho intramolecular Hbond substituents is 1. The van der Waals surface area contributed by atoms with Crippen LogP contribution in [0.2, 0.25) is 0 Å². The van der Waals surface area contributed by atoms with Gasteiger partial charge in [0, 0.05) is 18.4 Å². The van der Waals surface area contributed by atoms with Crippen molar-refractivity contribution in [3.05, 3.63) is 52.6 Å². The highest BCUT2D eigenvalue weighted by molar-refractivity contribution is 7.99. The van der Waals surface area contributed by atoms with Crippen molar-refractivity contribution in [3.63, 3.8) is 0 Å². The zero-order valence-corrected chi connectivity index (χ0v) is 17.0. The molecule has 5 nitrogen and oxygen atoms in total. The molecule has 3 unspecified atom stereocenters. The Morgan fingerprint density at radius 2 is 1.86 bits per heavy atom. The molecule has 2 N–H and O–H groups in total. The van der Waals surface area contributed by atoms with Gasteiger partial charge in [-0.2, -0.15) is 0 Å². The summed E-state index contributed by atoms with van der Waals surface area (Å²) >= 11 is 1.59. The SMILES string of the molecule is CSC1CC(O)CC(c2cc(Cc3ccc4c(c3)OCCO4)c(C)cc2O)O1. The van der Waals surface area contributed by atoms with E-state index in [0.29, 0.717) is 26.1 Å². The zero-order valence-electron chi connectivity index (χ0n) is 16.2. The highest BCUT2D eigenvalue weighted by atomic mass is 32.2. The third-order valence-corrected chi connectivity index (χ3v) is 6.19. The summed E-state index contributed by atoms with van der Waals surface area (Å²) in [6.45, 7) is 3.14. The summed E-state index contributed by atoms with van der Waals surface area (Å²) in [6.07, 6.45) is 3.09. The van der Waals surface area contributed by atoms with Crippen molar-refractivity contribution in [2.24, 2.45) is 0 Å². The average Bonchev–Trinajstić information content (AvgIpc) is 2.69. The number of aryl methyl sites for hydroxylation is 1. The van der Waals surface area contributed by atoms with E-state index in [1.54, 1.807) is 17.8 Å². The molecule has 1 fully saturated rings. The topological polar surface area (TPSA) is 68.2 Å². The molecule has 0 saturated carbocycles. The number of hydrogen-bond donors (Lipinski definition) is 2. The largest absolute Gasteiger partial charge is 0.508 e. The number of aromatic hydroxyl groups is 1. The molecule has 28 heavy (non-hydrogen) atoms. The average molecular weight is 403 g/mol. The Hall–Kier alpha value is -1.89. The van der Waals surface area contributed by atoms with Gasteiger partial charge in [0.15, 0.2) is 11.5 Å². The van der Waals surface area contributed by atoms with Crippen molar-refractivity contribution < 1.29 is 24.4 Å². The van der Waals surface area contributed by atoms with Gasteiger partial charge >= 0.3 is 0 Å². The van der Waals surface area contributed by atoms with E-state index in [1.807, 2.05) is 37.4 Å². The number of aliphatic hydroxyl groups excluding tert-OH is 1. The second-order valence-electron chi connectivity index (χ2n) is 7.41. The van der Waals surface area contributed by atoms with Gasteiger partial charge in [-0.1, -0.05) is 6.07 Å². The van der Waals surface area contributed by atoms with E-state index >= 15 is 0 Å². The Balaban J connectivity index is 1.60. The molecule has 2 aromatic carbocycles. The van der Waals surface area contributed by atoms with Crippen molar-refractivity contribution in [1.82, 2.24) is 0 Å². The molecule has 2 heterocycles. The minimum Gasteiger partial charge on any atom is -0.508 e. The van der Waals surface area contributed by atoms with Gasteiger partial charge < -0.3 is 24.4 Å². The van der Waals surface area contributed by atoms with Crippen LogP contribution in [-0.4, -0.2) is 41.2 Å². The first-order valence-corrected chi connectivity index (χ1v) is 10.9. The fourth-order valence-corrected chi connectivity index (χ4v) is 4.49. The van der Waals surface area contributed by atoms with Crippen LogP contribution in [0.1, 0.15) is 41.2 Å². The maximum absolute atomic E-state index is 10.5. The van der Waals surface area contributed by atoms with Gasteiger partial charge in [0.1, 0.15) is 24.4 Å². The van der Waals surface area contributed by atoms with E-state index < -0.39 is 6.10 Å². The molecule has 0 aliphatic carbocycles. The molecule has 0 radical (unpaired) electrons. The summed E-state index contributed by atoms with van der Waals surface area (Å²) in [7, 11) is 0.